The molecule has 0 atom stereocenters. The van der Waals surface area contributed by atoms with Crippen LogP contribution in [0.3, 0.4) is 0 Å². The first-order valence-electron chi connectivity index (χ1n) is 6.48. The molecule has 0 unspecified atom stereocenters. The fourth-order valence-corrected chi connectivity index (χ4v) is 1.80. The molecule has 0 spiro atoms. The third-order valence-corrected chi connectivity index (χ3v) is 2.82. The first kappa shape index (κ1) is 14.5. The molecule has 3 aromatic carbocycles. The fraction of sp³-hybridized carbons (Fsp3) is 0. The van der Waals surface area contributed by atoms with Crippen molar-refractivity contribution in [1.29, 1.82) is 0 Å². The molecule has 0 aliphatic carbocycles. The third kappa shape index (κ3) is 4.28. The Balaban J connectivity index is 0.000000194. The molecule has 0 aliphatic heterocycles. The highest BCUT2D eigenvalue weighted by molar-refractivity contribution is 5.71. The summed E-state index contributed by atoms with van der Waals surface area (Å²) in [6, 6.07) is 22.7. The maximum atomic E-state index is 9.58. The van der Waals surface area contributed by atoms with Crippen molar-refractivity contribution in [3.63, 3.8) is 0 Å². The predicted octanol–water partition coefficient (Wildman–Crippen LogP) is 4.16. The summed E-state index contributed by atoms with van der Waals surface area (Å²) in [6.45, 7) is 0. The van der Waals surface area contributed by atoms with E-state index in [1.165, 1.54) is 12.1 Å². The van der Waals surface area contributed by atoms with Gasteiger partial charge in [0.25, 0.3) is 0 Å². The van der Waals surface area contributed by atoms with Crippen molar-refractivity contribution in [3.8, 4) is 28.4 Å². The molecule has 3 rings (SSSR count). The number of para-hydroxylation sites is 1. The van der Waals surface area contributed by atoms with Crippen LogP contribution in [0.1, 0.15) is 0 Å². The van der Waals surface area contributed by atoms with Gasteiger partial charge in [0.05, 0.1) is 0 Å². The van der Waals surface area contributed by atoms with Gasteiger partial charge in [0.1, 0.15) is 17.2 Å². The molecular weight excluding hydrogens is 264 g/mol. The van der Waals surface area contributed by atoms with Gasteiger partial charge in [-0.25, -0.2) is 0 Å². The first-order chi connectivity index (χ1) is 10.2. The summed E-state index contributed by atoms with van der Waals surface area (Å²) in [6.07, 6.45) is 0. The van der Waals surface area contributed by atoms with Gasteiger partial charge >= 0.3 is 0 Å². The number of hydrogen-bond acceptors (Lipinski definition) is 3. The molecule has 106 valence electrons. The number of hydrogen-bond donors (Lipinski definition) is 3. The lowest BCUT2D eigenvalue weighted by molar-refractivity contribution is 0.462. The Labute approximate surface area is 123 Å². The van der Waals surface area contributed by atoms with Crippen LogP contribution >= 0.6 is 0 Å². The van der Waals surface area contributed by atoms with Gasteiger partial charge in [-0.2, -0.15) is 0 Å². The Bertz CT molecular complexity index is 679. The highest BCUT2D eigenvalue weighted by Gasteiger charge is 2.03. The third-order valence-electron chi connectivity index (χ3n) is 2.82. The Kier molecular flexibility index (Phi) is 4.83. The molecule has 0 bridgehead atoms. The van der Waals surface area contributed by atoms with Crippen LogP contribution < -0.4 is 0 Å². The zero-order chi connectivity index (χ0) is 15.1. The van der Waals surface area contributed by atoms with E-state index < -0.39 is 0 Å². The minimum atomic E-state index is 0.154. The Morgan fingerprint density at radius 1 is 0.524 bits per heavy atom. The van der Waals surface area contributed by atoms with Gasteiger partial charge in [-0.05, 0) is 35.9 Å². The van der Waals surface area contributed by atoms with E-state index in [4.69, 9.17) is 5.11 Å². The highest BCUT2D eigenvalue weighted by atomic mass is 16.3. The van der Waals surface area contributed by atoms with Crippen molar-refractivity contribution in [3.05, 3.63) is 78.9 Å². The number of rotatable bonds is 1. The van der Waals surface area contributed by atoms with Gasteiger partial charge in [-0.1, -0.05) is 48.5 Å². The standard InChI is InChI=1S/C12H10O2.C6H6O/c13-10-6-7-12(14)11(8-10)9-4-2-1-3-5-9;7-6-4-2-1-3-5-6/h1-8,13-14H;1-5,7H. The summed E-state index contributed by atoms with van der Waals surface area (Å²) >= 11 is 0. The lowest BCUT2D eigenvalue weighted by atomic mass is 10.0. The molecule has 0 amide bonds. The van der Waals surface area contributed by atoms with Crippen LogP contribution in [0.15, 0.2) is 78.9 Å². The Morgan fingerprint density at radius 2 is 1.10 bits per heavy atom. The van der Waals surface area contributed by atoms with Crippen molar-refractivity contribution in [1.82, 2.24) is 0 Å². The number of phenols is 3. The average Bonchev–Trinajstić information content (AvgIpc) is 2.52. The maximum absolute atomic E-state index is 9.58. The minimum absolute atomic E-state index is 0.154. The van der Waals surface area contributed by atoms with Crippen molar-refractivity contribution in [2.24, 2.45) is 0 Å². The van der Waals surface area contributed by atoms with Gasteiger partial charge in [0, 0.05) is 5.56 Å². The average molecular weight is 280 g/mol. The second-order valence-corrected chi connectivity index (χ2v) is 4.40. The molecule has 3 heteroatoms. The highest BCUT2D eigenvalue weighted by Crippen LogP contribution is 2.31. The van der Waals surface area contributed by atoms with E-state index in [1.54, 1.807) is 30.3 Å². The van der Waals surface area contributed by atoms with Gasteiger partial charge in [0.2, 0.25) is 0 Å². The molecule has 3 aromatic rings. The van der Waals surface area contributed by atoms with Crippen LogP contribution in [-0.4, -0.2) is 15.3 Å². The maximum Gasteiger partial charge on any atom is 0.123 e. The first-order valence-corrected chi connectivity index (χ1v) is 6.48. The molecule has 3 N–H and O–H groups in total. The van der Waals surface area contributed by atoms with E-state index in [0.29, 0.717) is 11.3 Å². The van der Waals surface area contributed by atoms with Crippen LogP contribution in [-0.2, 0) is 0 Å². The largest absolute Gasteiger partial charge is 0.508 e. The lowest BCUT2D eigenvalue weighted by Gasteiger charge is -2.04. The van der Waals surface area contributed by atoms with Crippen LogP contribution in [0.25, 0.3) is 11.1 Å². The van der Waals surface area contributed by atoms with Crippen molar-refractivity contribution in [2.45, 2.75) is 0 Å². The molecule has 21 heavy (non-hydrogen) atoms. The van der Waals surface area contributed by atoms with E-state index >= 15 is 0 Å². The summed E-state index contributed by atoms with van der Waals surface area (Å²) in [5, 5.41) is 27.5. The summed E-state index contributed by atoms with van der Waals surface area (Å²) < 4.78 is 0. The smallest absolute Gasteiger partial charge is 0.123 e. The van der Waals surface area contributed by atoms with Crippen molar-refractivity contribution in [2.75, 3.05) is 0 Å². The van der Waals surface area contributed by atoms with E-state index in [2.05, 4.69) is 0 Å². The quantitative estimate of drug-likeness (QED) is 0.587. The summed E-state index contributed by atoms with van der Waals surface area (Å²) in [7, 11) is 0. The van der Waals surface area contributed by atoms with E-state index in [0.717, 1.165) is 5.56 Å². The molecule has 0 aromatic heterocycles. The van der Waals surface area contributed by atoms with Crippen molar-refractivity contribution >= 4 is 0 Å². The van der Waals surface area contributed by atoms with Crippen LogP contribution in [0.4, 0.5) is 0 Å². The van der Waals surface area contributed by atoms with Gasteiger partial charge < -0.3 is 15.3 Å². The van der Waals surface area contributed by atoms with Crippen LogP contribution in [0.2, 0.25) is 0 Å². The molecule has 0 saturated carbocycles. The molecule has 0 fully saturated rings. The van der Waals surface area contributed by atoms with Crippen molar-refractivity contribution < 1.29 is 15.3 Å². The second kappa shape index (κ2) is 7.01. The van der Waals surface area contributed by atoms with E-state index in [1.807, 2.05) is 36.4 Å². The topological polar surface area (TPSA) is 60.7 Å². The van der Waals surface area contributed by atoms with Gasteiger partial charge in [0.15, 0.2) is 0 Å². The monoisotopic (exact) mass is 280 g/mol. The van der Waals surface area contributed by atoms with E-state index in [-0.39, 0.29) is 11.5 Å². The SMILES string of the molecule is Oc1ccc(O)c(-c2ccccc2)c1.Oc1ccccc1. The normalized spacial score (nSPS) is 9.52. The lowest BCUT2D eigenvalue weighted by Crippen LogP contribution is -1.78. The van der Waals surface area contributed by atoms with Crippen LogP contribution in [0.5, 0.6) is 17.2 Å². The molecule has 0 radical (unpaired) electrons. The van der Waals surface area contributed by atoms with Gasteiger partial charge in [-0.15, -0.1) is 0 Å². The van der Waals surface area contributed by atoms with Gasteiger partial charge in [-0.3, -0.25) is 0 Å². The Morgan fingerprint density at radius 3 is 1.62 bits per heavy atom. The molecule has 0 saturated heterocycles. The zero-order valence-corrected chi connectivity index (χ0v) is 11.3. The number of phenolic OH excluding ortho intramolecular Hbond substituents is 3. The molecule has 3 nitrogen and oxygen atoms in total. The number of aromatic hydroxyl groups is 3. The Hall–Kier alpha value is -2.94. The molecular formula is C18H16O3. The molecule has 0 aliphatic rings. The molecule has 0 heterocycles. The van der Waals surface area contributed by atoms with Crippen LogP contribution in [0, 0.1) is 0 Å². The van der Waals surface area contributed by atoms with E-state index in [9.17, 15) is 10.2 Å². The summed E-state index contributed by atoms with van der Waals surface area (Å²) in [5.41, 5.74) is 1.53. The zero-order valence-electron chi connectivity index (χ0n) is 11.3. The minimum Gasteiger partial charge on any atom is -0.508 e. The number of benzene rings is 3. The predicted molar refractivity (Wildman–Crippen MR) is 83.3 cm³/mol. The summed E-state index contributed by atoms with van der Waals surface area (Å²) in [4.78, 5) is 0. The second-order valence-electron chi connectivity index (χ2n) is 4.40. The summed E-state index contributed by atoms with van der Waals surface area (Å²) in [5.74, 6) is 0.651. The fourth-order valence-electron chi connectivity index (χ4n) is 1.80.